The highest BCUT2D eigenvalue weighted by molar-refractivity contribution is 6.17. The van der Waals surface area contributed by atoms with Crippen molar-refractivity contribution in [2.24, 2.45) is 0 Å². The van der Waals surface area contributed by atoms with E-state index in [1.165, 1.54) is 6.07 Å². The second kappa shape index (κ2) is 15.9. The fraction of sp³-hybridized carbons (Fsp3) is 0.500. The second-order valence-corrected chi connectivity index (χ2v) is 15.7. The summed E-state index contributed by atoms with van der Waals surface area (Å²) in [6.07, 6.45) is 10.8. The molecule has 2 aromatic rings. The van der Waals surface area contributed by atoms with Crippen molar-refractivity contribution in [2.75, 3.05) is 63.4 Å². The number of aromatic carboxylic acids is 1. The van der Waals surface area contributed by atoms with Crippen LogP contribution in [0.1, 0.15) is 96.7 Å². The van der Waals surface area contributed by atoms with E-state index in [-0.39, 0.29) is 43.9 Å². The van der Waals surface area contributed by atoms with E-state index >= 15 is 0 Å². The molecule has 0 bridgehead atoms. The summed E-state index contributed by atoms with van der Waals surface area (Å²) >= 11 is 5.71. The highest BCUT2D eigenvalue weighted by Gasteiger charge is 2.48. The predicted molar refractivity (Wildman–Crippen MR) is 202 cm³/mol. The van der Waals surface area contributed by atoms with Gasteiger partial charge in [0.05, 0.1) is 31.9 Å². The van der Waals surface area contributed by atoms with Gasteiger partial charge in [0.1, 0.15) is 0 Å². The van der Waals surface area contributed by atoms with Crippen molar-refractivity contribution in [2.45, 2.75) is 76.3 Å². The van der Waals surface area contributed by atoms with Crippen molar-refractivity contribution in [3.05, 3.63) is 93.6 Å². The molecule has 53 heavy (non-hydrogen) atoms. The van der Waals surface area contributed by atoms with Gasteiger partial charge in [0, 0.05) is 54.3 Å². The van der Waals surface area contributed by atoms with Gasteiger partial charge in [-0.15, -0.1) is 11.6 Å². The number of fused-ring (bicyclic) bond motifs is 2. The summed E-state index contributed by atoms with van der Waals surface area (Å²) in [6.45, 7) is 7.47. The average molecular weight is 754 g/mol. The summed E-state index contributed by atoms with van der Waals surface area (Å²) in [6, 6.07) is 10.3. The van der Waals surface area contributed by atoms with E-state index in [4.69, 9.17) is 21.1 Å². The first-order chi connectivity index (χ1) is 25.2. The molecule has 2 saturated heterocycles. The van der Waals surface area contributed by atoms with E-state index in [1.807, 2.05) is 34.9 Å². The Bertz CT molecular complexity index is 1860. The quantitative estimate of drug-likeness (QED) is 0.0757. The van der Waals surface area contributed by atoms with Crippen molar-refractivity contribution >= 4 is 40.3 Å². The Morgan fingerprint density at radius 1 is 0.868 bits per heavy atom. The zero-order valence-electron chi connectivity index (χ0n) is 30.8. The smallest absolute Gasteiger partial charge is 0.336 e. The van der Waals surface area contributed by atoms with E-state index in [0.717, 1.165) is 53.7 Å². The van der Waals surface area contributed by atoms with E-state index in [9.17, 15) is 27.9 Å². The number of hydrogen-bond donors (Lipinski definition) is 1. The number of carboxylic acid groups (broad SMARTS) is 1. The largest absolute Gasteiger partial charge is 0.478 e. The van der Waals surface area contributed by atoms with Crippen LogP contribution in [0.4, 0.5) is 18.9 Å². The van der Waals surface area contributed by atoms with Crippen molar-refractivity contribution in [1.29, 1.82) is 0 Å². The van der Waals surface area contributed by atoms with E-state index < -0.39 is 23.0 Å². The normalized spacial score (nSPS) is 21.1. The van der Waals surface area contributed by atoms with Gasteiger partial charge < -0.3 is 19.5 Å². The topological polar surface area (TPSA) is 79.1 Å². The maximum atomic E-state index is 14.6. The molecule has 0 unspecified atom stereocenters. The fourth-order valence-corrected chi connectivity index (χ4v) is 7.89. The monoisotopic (exact) mass is 753 g/mol. The molecule has 11 heteroatoms. The lowest BCUT2D eigenvalue weighted by Gasteiger charge is -2.43. The number of carbonyl (C=O) groups is 2. The maximum Gasteiger partial charge on any atom is 0.336 e. The Morgan fingerprint density at radius 2 is 1.57 bits per heavy atom. The molecule has 284 valence electrons. The number of hydrogen-bond acceptors (Lipinski definition) is 5. The van der Waals surface area contributed by atoms with Crippen LogP contribution in [-0.4, -0.2) is 97.2 Å². The van der Waals surface area contributed by atoms with Crippen molar-refractivity contribution in [1.82, 2.24) is 0 Å². The number of halogens is 4. The van der Waals surface area contributed by atoms with Gasteiger partial charge in [-0.1, -0.05) is 38.8 Å². The second-order valence-electron chi connectivity index (χ2n) is 15.4. The third-order valence-electron chi connectivity index (χ3n) is 10.6. The Balaban J connectivity index is 1.27. The summed E-state index contributed by atoms with van der Waals surface area (Å²) < 4.78 is 55.7. The molecule has 2 aliphatic heterocycles. The molecule has 2 heterocycles. The highest BCUT2D eigenvalue weighted by atomic mass is 35.5. The SMILES string of the molecule is CC1(F)C[N+](=C2C=CC3=C(c4cc(C(=O)CCCOCCOCCCCCCCl)ccc4C(=O)O)c4ccc(N5CC(F)(F)C5)cc4C(C)(C)C3=C2)C1. The number of anilines is 1. The lowest BCUT2D eigenvalue weighted by atomic mass is 9.64. The van der Waals surface area contributed by atoms with Crippen LogP contribution >= 0.6 is 11.6 Å². The first-order valence-electron chi connectivity index (χ1n) is 18.6. The number of carbonyl (C=O) groups excluding carboxylic acids is 1. The van der Waals surface area contributed by atoms with Crippen molar-refractivity contribution < 1.29 is 41.9 Å². The number of allylic oxidation sites excluding steroid dienone is 5. The molecule has 0 radical (unpaired) electrons. The van der Waals surface area contributed by atoms with Gasteiger partial charge in [0.15, 0.2) is 24.6 Å². The number of ketones is 1. The summed E-state index contributed by atoms with van der Waals surface area (Å²) in [4.78, 5) is 27.9. The number of rotatable bonds is 17. The van der Waals surface area contributed by atoms with Crippen LogP contribution in [0.5, 0.6) is 0 Å². The molecular weight excluding hydrogens is 705 g/mol. The van der Waals surface area contributed by atoms with Crippen LogP contribution in [0.3, 0.4) is 0 Å². The average Bonchev–Trinajstić information content (AvgIpc) is 3.09. The van der Waals surface area contributed by atoms with Crippen LogP contribution in [0, 0.1) is 0 Å². The summed E-state index contributed by atoms with van der Waals surface area (Å²) in [7, 11) is 0. The zero-order chi connectivity index (χ0) is 38.0. The standard InChI is InChI=1S/C42H48ClF3N2O5/c1-40(2)35-22-29(47-24-41(3,44)25-47)11-14-32(35)38(33-15-12-30(23-36(33)40)48-26-42(45,46)27-48)34-21-28(10-13-31(34)39(50)51)37(49)9-8-18-53-20-19-52-17-7-5-4-6-16-43/h10-15,21-23H,4-9,16-20,24-27H2,1-3H3/p+1. The molecule has 0 atom stereocenters. The highest BCUT2D eigenvalue weighted by Crippen LogP contribution is 2.51. The fourth-order valence-electron chi connectivity index (χ4n) is 7.70. The van der Waals surface area contributed by atoms with Gasteiger partial charge in [-0.25, -0.2) is 22.5 Å². The number of nitrogens with zero attached hydrogens (tertiary/aromatic N) is 2. The molecule has 0 amide bonds. The third kappa shape index (κ3) is 8.66. The molecule has 2 fully saturated rings. The first kappa shape index (κ1) is 39.0. The Hall–Kier alpha value is -3.73. The predicted octanol–water partition coefficient (Wildman–Crippen LogP) is 8.42. The zero-order valence-corrected chi connectivity index (χ0v) is 31.5. The molecule has 2 aromatic carbocycles. The number of ether oxygens (including phenoxy) is 2. The number of Topliss-reactive ketones (excluding diaryl/α,β-unsaturated/α-hetero) is 1. The van der Waals surface area contributed by atoms with Crippen molar-refractivity contribution in [3.63, 3.8) is 0 Å². The first-order valence-corrected chi connectivity index (χ1v) is 19.1. The minimum atomic E-state index is -2.75. The van der Waals surface area contributed by atoms with Crippen molar-refractivity contribution in [3.8, 4) is 0 Å². The minimum Gasteiger partial charge on any atom is -0.478 e. The van der Waals surface area contributed by atoms with E-state index in [2.05, 4.69) is 13.8 Å². The Labute approximate surface area is 314 Å². The van der Waals surface area contributed by atoms with Crippen LogP contribution in [-0.2, 0) is 14.9 Å². The van der Waals surface area contributed by atoms with Gasteiger partial charge >= 0.3 is 5.97 Å². The molecule has 2 aliphatic carbocycles. The number of carboxylic acids is 1. The number of benzene rings is 2. The lowest BCUT2D eigenvalue weighted by Crippen LogP contribution is -2.56. The molecule has 0 spiro atoms. The summed E-state index contributed by atoms with van der Waals surface area (Å²) in [5, 5.41) is 10.4. The maximum absolute atomic E-state index is 14.6. The summed E-state index contributed by atoms with van der Waals surface area (Å²) in [5.41, 5.74) is 4.41. The molecule has 0 saturated carbocycles. The summed E-state index contributed by atoms with van der Waals surface area (Å²) in [5.74, 6) is -3.33. The van der Waals surface area contributed by atoms with Crippen LogP contribution in [0.2, 0.25) is 0 Å². The molecule has 1 N–H and O–H groups in total. The number of alkyl halides is 4. The lowest BCUT2D eigenvalue weighted by molar-refractivity contribution is -0.619. The van der Waals surface area contributed by atoms with Gasteiger partial charge in [-0.2, -0.15) is 0 Å². The van der Waals surface area contributed by atoms with Gasteiger partial charge in [-0.05, 0) is 89.9 Å². The van der Waals surface area contributed by atoms with Crippen LogP contribution in [0.15, 0.2) is 65.8 Å². The minimum absolute atomic E-state index is 0.0435. The molecule has 0 aromatic heterocycles. The van der Waals surface area contributed by atoms with E-state index in [1.54, 1.807) is 30.0 Å². The van der Waals surface area contributed by atoms with Gasteiger partial charge in [0.2, 0.25) is 5.67 Å². The molecule has 6 rings (SSSR count). The molecular formula is C42H49ClF3N2O5+. The van der Waals surface area contributed by atoms with Crippen LogP contribution < -0.4 is 4.90 Å². The van der Waals surface area contributed by atoms with Gasteiger partial charge in [-0.3, -0.25) is 4.79 Å². The Morgan fingerprint density at radius 3 is 2.23 bits per heavy atom. The molecule has 4 aliphatic rings. The number of unbranched alkanes of at least 4 members (excludes halogenated alkanes) is 3. The third-order valence-corrected chi connectivity index (χ3v) is 10.9. The molecule has 7 nitrogen and oxygen atoms in total. The van der Waals surface area contributed by atoms with Crippen LogP contribution in [0.25, 0.3) is 5.57 Å². The van der Waals surface area contributed by atoms with E-state index in [0.29, 0.717) is 61.1 Å². The van der Waals surface area contributed by atoms with Gasteiger partial charge in [0.25, 0.3) is 5.92 Å². The Kier molecular flexibility index (Phi) is 11.7.